The van der Waals surface area contributed by atoms with Crippen molar-refractivity contribution in [3.8, 4) is 11.5 Å². The summed E-state index contributed by atoms with van der Waals surface area (Å²) >= 11 is 2.01. The lowest BCUT2D eigenvalue weighted by Gasteiger charge is -2.42. The van der Waals surface area contributed by atoms with Crippen LogP contribution in [0.4, 0.5) is 0 Å². The minimum Gasteiger partial charge on any atom is -0.504 e. The van der Waals surface area contributed by atoms with Crippen LogP contribution in [-0.2, 0) is 25.7 Å². The summed E-state index contributed by atoms with van der Waals surface area (Å²) in [6, 6.07) is 12.9. The normalized spacial score (nSPS) is 26.2. The fourth-order valence-corrected chi connectivity index (χ4v) is 7.29. The zero-order valence-corrected chi connectivity index (χ0v) is 23.6. The molecular weight excluding hydrogens is 609 g/mol. The highest BCUT2D eigenvalue weighted by molar-refractivity contribution is 14.1. The highest BCUT2D eigenvalue weighted by Gasteiger charge is 2.56. The van der Waals surface area contributed by atoms with Crippen molar-refractivity contribution in [1.29, 1.82) is 0 Å². The zero-order valence-electron chi connectivity index (χ0n) is 21.4. The molecular formula is C31H26INO6. The van der Waals surface area contributed by atoms with E-state index in [4.69, 9.17) is 4.74 Å². The molecule has 0 radical (unpaired) electrons. The number of rotatable bonds is 4. The van der Waals surface area contributed by atoms with Gasteiger partial charge in [-0.25, -0.2) is 0 Å². The molecule has 1 heterocycles. The first-order chi connectivity index (χ1) is 18.7. The number of phenolic OH excluding ortho intramolecular Hbond substituents is 1. The molecule has 0 bridgehead atoms. The number of benzene rings is 2. The molecule has 4 unspecified atom stereocenters. The maximum absolute atomic E-state index is 13.9. The molecule has 0 saturated carbocycles. The Bertz CT molecular complexity index is 1550. The van der Waals surface area contributed by atoms with E-state index in [1.807, 2.05) is 59.0 Å². The largest absolute Gasteiger partial charge is 0.504 e. The van der Waals surface area contributed by atoms with Crippen molar-refractivity contribution in [1.82, 2.24) is 4.90 Å². The Hall–Kier alpha value is -3.53. The first-order valence-electron chi connectivity index (χ1n) is 12.9. The van der Waals surface area contributed by atoms with E-state index < -0.39 is 23.7 Å². The second kappa shape index (κ2) is 9.59. The monoisotopic (exact) mass is 635 g/mol. The zero-order chi connectivity index (χ0) is 27.6. The smallest absolute Gasteiger partial charge is 0.234 e. The van der Waals surface area contributed by atoms with Crippen molar-refractivity contribution in [2.24, 2.45) is 17.8 Å². The number of ketones is 2. The average molecular weight is 635 g/mol. The third-order valence-electron chi connectivity index (χ3n) is 8.44. The van der Waals surface area contributed by atoms with E-state index in [1.54, 1.807) is 19.1 Å². The summed E-state index contributed by atoms with van der Waals surface area (Å²) in [5.74, 6) is -2.68. The molecule has 4 atom stereocenters. The lowest BCUT2D eigenvalue weighted by molar-refractivity contribution is -0.140. The fraction of sp³-hybridized carbons (Fsp3) is 0.290. The molecule has 0 aromatic heterocycles. The molecule has 3 aliphatic carbocycles. The number of fused-ring (bicyclic) bond motifs is 3. The summed E-state index contributed by atoms with van der Waals surface area (Å²) in [6.07, 6.45) is 4.00. The Labute approximate surface area is 239 Å². The van der Waals surface area contributed by atoms with Crippen LogP contribution < -0.4 is 4.74 Å². The van der Waals surface area contributed by atoms with Gasteiger partial charge in [-0.15, -0.1) is 0 Å². The van der Waals surface area contributed by atoms with Crippen LogP contribution in [0.3, 0.4) is 0 Å². The van der Waals surface area contributed by atoms with E-state index in [-0.39, 0.29) is 47.8 Å². The Balaban J connectivity index is 1.47. The van der Waals surface area contributed by atoms with Gasteiger partial charge in [-0.3, -0.25) is 24.1 Å². The van der Waals surface area contributed by atoms with Crippen LogP contribution in [0.2, 0.25) is 0 Å². The van der Waals surface area contributed by atoms with Crippen LogP contribution in [0.1, 0.15) is 36.8 Å². The number of aromatic hydroxyl groups is 1. The van der Waals surface area contributed by atoms with Crippen molar-refractivity contribution in [2.75, 3.05) is 7.11 Å². The number of methoxy groups -OCH3 is 1. The number of hydrogen-bond acceptors (Lipinski definition) is 6. The van der Waals surface area contributed by atoms with Gasteiger partial charge in [-0.05, 0) is 77.6 Å². The van der Waals surface area contributed by atoms with Crippen LogP contribution >= 0.6 is 22.6 Å². The summed E-state index contributed by atoms with van der Waals surface area (Å²) in [7, 11) is 1.46. The second-order valence-electron chi connectivity index (χ2n) is 10.5. The van der Waals surface area contributed by atoms with Gasteiger partial charge >= 0.3 is 0 Å². The first-order valence-corrected chi connectivity index (χ1v) is 13.9. The van der Waals surface area contributed by atoms with Gasteiger partial charge in [0.2, 0.25) is 11.8 Å². The number of amides is 2. The summed E-state index contributed by atoms with van der Waals surface area (Å²) in [4.78, 5) is 55.5. The molecule has 39 heavy (non-hydrogen) atoms. The third-order valence-corrected chi connectivity index (χ3v) is 9.26. The van der Waals surface area contributed by atoms with Crippen LogP contribution in [0, 0.1) is 21.3 Å². The quantitative estimate of drug-likeness (QED) is 0.228. The molecule has 2 amide bonds. The lowest BCUT2D eigenvalue weighted by atomic mass is 9.59. The predicted molar refractivity (Wildman–Crippen MR) is 151 cm³/mol. The molecule has 7 nitrogen and oxygen atoms in total. The van der Waals surface area contributed by atoms with Gasteiger partial charge in [-0.1, -0.05) is 42.0 Å². The number of nitrogens with zero attached hydrogens (tertiary/aromatic N) is 1. The second-order valence-corrected chi connectivity index (χ2v) is 11.7. The Kier molecular flexibility index (Phi) is 6.32. The van der Waals surface area contributed by atoms with Gasteiger partial charge in [0.05, 0.1) is 29.1 Å². The predicted octanol–water partition coefficient (Wildman–Crippen LogP) is 4.64. The molecule has 2 aromatic rings. The minimum absolute atomic E-state index is 0.00370. The molecule has 1 aliphatic heterocycles. The Morgan fingerprint density at radius 3 is 2.51 bits per heavy atom. The molecule has 8 heteroatoms. The fourth-order valence-electron chi connectivity index (χ4n) is 6.66. The van der Waals surface area contributed by atoms with E-state index in [9.17, 15) is 24.3 Å². The third kappa shape index (κ3) is 3.99. The van der Waals surface area contributed by atoms with Crippen molar-refractivity contribution in [2.45, 2.75) is 32.2 Å². The van der Waals surface area contributed by atoms with Gasteiger partial charge in [0.15, 0.2) is 23.1 Å². The van der Waals surface area contributed by atoms with Crippen molar-refractivity contribution in [3.63, 3.8) is 0 Å². The summed E-state index contributed by atoms with van der Waals surface area (Å²) < 4.78 is 5.95. The van der Waals surface area contributed by atoms with Crippen LogP contribution in [0.25, 0.3) is 0 Å². The summed E-state index contributed by atoms with van der Waals surface area (Å²) in [5, 5.41) is 10.5. The van der Waals surface area contributed by atoms with Crippen molar-refractivity contribution >= 4 is 46.0 Å². The maximum Gasteiger partial charge on any atom is 0.234 e. The van der Waals surface area contributed by atoms with Gasteiger partial charge in [-0.2, -0.15) is 0 Å². The summed E-state index contributed by atoms with van der Waals surface area (Å²) in [6.45, 7) is 1.84. The molecule has 1 N–H and O–H groups in total. The number of carbonyl (C=O) groups excluding carboxylic acids is 4. The van der Waals surface area contributed by atoms with Crippen molar-refractivity contribution < 1.29 is 29.0 Å². The molecule has 0 spiro atoms. The molecule has 198 valence electrons. The van der Waals surface area contributed by atoms with Crippen LogP contribution in [-0.4, -0.2) is 40.5 Å². The molecule has 6 rings (SSSR count). The number of ether oxygens (including phenoxy) is 1. The topological polar surface area (TPSA) is 101 Å². The van der Waals surface area contributed by atoms with E-state index >= 15 is 0 Å². The number of hydrogen-bond donors (Lipinski definition) is 1. The number of Topliss-reactive ketones (excluding diaryl/α,β-unsaturated/α-hetero) is 1. The molecule has 1 fully saturated rings. The summed E-state index contributed by atoms with van der Waals surface area (Å²) in [5.41, 5.74) is 3.63. The van der Waals surface area contributed by atoms with E-state index in [1.165, 1.54) is 18.1 Å². The van der Waals surface area contributed by atoms with E-state index in [0.717, 1.165) is 11.1 Å². The highest BCUT2D eigenvalue weighted by Crippen LogP contribution is 2.55. The lowest BCUT2D eigenvalue weighted by Crippen LogP contribution is -2.39. The van der Waals surface area contributed by atoms with E-state index in [2.05, 4.69) is 0 Å². The standard InChI is InChI=1S/C31H26INO6/c1-15-10-23(34)27-21(28(15)35)13-20-18(25(27)17-11-22(32)29(36)24(12-17)39-2)8-9-19-26(20)31(38)33(30(19)37)14-16-6-4-3-5-7-16/h3-8,10-12,19-20,25-26,36H,9,13-14H2,1-2H3. The van der Waals surface area contributed by atoms with E-state index in [0.29, 0.717) is 32.3 Å². The minimum atomic E-state index is -0.607. The Morgan fingerprint density at radius 2 is 1.79 bits per heavy atom. The van der Waals surface area contributed by atoms with Crippen LogP contribution in [0.15, 0.2) is 76.9 Å². The molecule has 1 saturated heterocycles. The van der Waals surface area contributed by atoms with Gasteiger partial charge in [0.25, 0.3) is 0 Å². The highest BCUT2D eigenvalue weighted by atomic mass is 127. The number of halogens is 1. The van der Waals surface area contributed by atoms with Gasteiger partial charge in [0, 0.05) is 22.6 Å². The average Bonchev–Trinajstić information content (AvgIpc) is 3.17. The number of allylic oxidation sites excluding steroid dienone is 6. The maximum atomic E-state index is 13.9. The number of imide groups is 1. The number of likely N-dealkylation sites (tertiary alicyclic amines) is 1. The van der Waals surface area contributed by atoms with Gasteiger partial charge in [0.1, 0.15) is 0 Å². The SMILES string of the molecule is COc1cc(C2C3=CCC4C(=O)N(Cc5ccccc5)C(=O)C4C3CC3=C2C(=O)C=C(C)C3=O)cc(I)c1O. The van der Waals surface area contributed by atoms with Crippen molar-refractivity contribution in [3.05, 3.63) is 91.6 Å². The first kappa shape index (κ1) is 25.7. The molecule has 2 aromatic carbocycles. The molecule has 4 aliphatic rings. The number of phenols is 1. The number of carbonyl (C=O) groups is 4. The van der Waals surface area contributed by atoms with Gasteiger partial charge < -0.3 is 9.84 Å². The Morgan fingerprint density at radius 1 is 1.05 bits per heavy atom. The van der Waals surface area contributed by atoms with Crippen LogP contribution in [0.5, 0.6) is 11.5 Å².